The van der Waals surface area contributed by atoms with E-state index in [1.165, 1.54) is 19.3 Å². The first-order valence-corrected chi connectivity index (χ1v) is 7.96. The zero-order valence-corrected chi connectivity index (χ0v) is 13.7. The Labute approximate surface area is 135 Å². The predicted octanol–water partition coefficient (Wildman–Crippen LogP) is 5.09. The normalized spacial score (nSPS) is 11.9. The van der Waals surface area contributed by atoms with Crippen molar-refractivity contribution in [3.63, 3.8) is 0 Å². The fourth-order valence-electron chi connectivity index (χ4n) is 2.12. The second-order valence-corrected chi connectivity index (χ2v) is 5.64. The minimum atomic E-state index is -0.195. The molecule has 4 nitrogen and oxygen atoms in total. The van der Waals surface area contributed by atoms with Crippen LogP contribution < -0.4 is 0 Å². The Bertz CT molecular complexity index is 633. The Morgan fingerprint density at radius 2 is 1.95 bits per heavy atom. The Morgan fingerprint density at radius 3 is 2.64 bits per heavy atom. The van der Waals surface area contributed by atoms with Gasteiger partial charge in [-0.2, -0.15) is 0 Å². The number of halogens is 1. The lowest BCUT2D eigenvalue weighted by atomic mass is 10.2. The highest BCUT2D eigenvalue weighted by molar-refractivity contribution is 6.30. The molecule has 1 heterocycles. The van der Waals surface area contributed by atoms with Gasteiger partial charge in [-0.3, -0.25) is 4.99 Å². The van der Waals surface area contributed by atoms with Crippen LogP contribution in [0.4, 0.5) is 0 Å². The Kier molecular flexibility index (Phi) is 6.01. The Hall–Kier alpha value is -1.81. The highest BCUT2D eigenvalue weighted by Gasteiger charge is 2.16. The first-order chi connectivity index (χ1) is 10.6. The largest absolute Gasteiger partial charge is 0.479 e. The predicted molar refractivity (Wildman–Crippen MR) is 89.8 cm³/mol. The number of hydrogen-bond acceptors (Lipinski definition) is 4. The molecule has 118 valence electrons. The van der Waals surface area contributed by atoms with E-state index in [4.69, 9.17) is 16.0 Å². The van der Waals surface area contributed by atoms with E-state index in [2.05, 4.69) is 16.9 Å². The SMILES string of the molecule is CCCCCCN=C(C)c1nc(-c2ccc(Cl)cc2)oc1O. The van der Waals surface area contributed by atoms with Crippen LogP contribution in [0.3, 0.4) is 0 Å². The molecule has 1 N–H and O–H groups in total. The van der Waals surface area contributed by atoms with Crippen molar-refractivity contribution in [3.8, 4) is 17.4 Å². The number of benzene rings is 1. The maximum Gasteiger partial charge on any atom is 0.312 e. The molecule has 0 saturated heterocycles. The molecule has 0 aliphatic heterocycles. The molecule has 0 saturated carbocycles. The summed E-state index contributed by atoms with van der Waals surface area (Å²) in [5, 5.41) is 10.6. The van der Waals surface area contributed by atoms with Gasteiger partial charge in [-0.25, -0.2) is 4.98 Å². The molecule has 2 rings (SSSR count). The number of oxazole rings is 1. The average Bonchev–Trinajstić information content (AvgIpc) is 2.89. The van der Waals surface area contributed by atoms with Gasteiger partial charge >= 0.3 is 5.95 Å². The van der Waals surface area contributed by atoms with Crippen molar-refractivity contribution in [3.05, 3.63) is 35.0 Å². The third-order valence-electron chi connectivity index (χ3n) is 3.40. The van der Waals surface area contributed by atoms with Crippen LogP contribution in [0.15, 0.2) is 33.7 Å². The summed E-state index contributed by atoms with van der Waals surface area (Å²) in [6.07, 6.45) is 4.66. The molecule has 0 fully saturated rings. The number of nitrogens with zero attached hydrogens (tertiary/aromatic N) is 2. The van der Waals surface area contributed by atoms with Crippen molar-refractivity contribution in [2.24, 2.45) is 4.99 Å². The van der Waals surface area contributed by atoms with Crippen LogP contribution in [0.1, 0.15) is 45.2 Å². The van der Waals surface area contributed by atoms with Gasteiger partial charge in [-0.15, -0.1) is 0 Å². The van der Waals surface area contributed by atoms with Gasteiger partial charge in [0, 0.05) is 17.1 Å². The molecule has 22 heavy (non-hydrogen) atoms. The molecular formula is C17H21ClN2O2. The van der Waals surface area contributed by atoms with E-state index in [-0.39, 0.29) is 5.95 Å². The maximum atomic E-state index is 9.92. The summed E-state index contributed by atoms with van der Waals surface area (Å²) >= 11 is 5.86. The van der Waals surface area contributed by atoms with E-state index in [0.29, 0.717) is 22.3 Å². The summed E-state index contributed by atoms with van der Waals surface area (Å²) < 4.78 is 5.33. The summed E-state index contributed by atoms with van der Waals surface area (Å²) in [7, 11) is 0. The third-order valence-corrected chi connectivity index (χ3v) is 3.66. The zero-order chi connectivity index (χ0) is 15.9. The molecule has 1 aromatic carbocycles. The van der Waals surface area contributed by atoms with Gasteiger partial charge in [0.1, 0.15) is 0 Å². The van der Waals surface area contributed by atoms with E-state index in [0.717, 1.165) is 18.5 Å². The lowest BCUT2D eigenvalue weighted by Crippen LogP contribution is -1.98. The van der Waals surface area contributed by atoms with Gasteiger partial charge in [-0.1, -0.05) is 37.8 Å². The van der Waals surface area contributed by atoms with Crippen molar-refractivity contribution in [2.75, 3.05) is 6.54 Å². The Morgan fingerprint density at radius 1 is 1.23 bits per heavy atom. The monoisotopic (exact) mass is 320 g/mol. The number of unbranched alkanes of at least 4 members (excludes halogenated alkanes) is 3. The molecule has 0 spiro atoms. The van der Waals surface area contributed by atoms with Gasteiger partial charge < -0.3 is 9.52 Å². The number of rotatable bonds is 7. The number of aliphatic imine (C=N–C) groups is 1. The Balaban J connectivity index is 2.08. The maximum absolute atomic E-state index is 9.92. The summed E-state index contributed by atoms with van der Waals surface area (Å²) in [4.78, 5) is 8.80. The fourth-order valence-corrected chi connectivity index (χ4v) is 2.25. The quantitative estimate of drug-likeness (QED) is 0.571. The minimum Gasteiger partial charge on any atom is -0.479 e. The van der Waals surface area contributed by atoms with Crippen LogP contribution in [-0.2, 0) is 0 Å². The molecule has 0 amide bonds. The average molecular weight is 321 g/mol. The van der Waals surface area contributed by atoms with Crippen LogP contribution in [0.5, 0.6) is 5.95 Å². The van der Waals surface area contributed by atoms with Crippen molar-refractivity contribution in [1.82, 2.24) is 4.98 Å². The molecule has 0 aliphatic rings. The first kappa shape index (κ1) is 16.6. The lowest BCUT2D eigenvalue weighted by Gasteiger charge is -1.98. The zero-order valence-electron chi connectivity index (χ0n) is 13.0. The molecule has 0 radical (unpaired) electrons. The van der Waals surface area contributed by atoms with E-state index < -0.39 is 0 Å². The highest BCUT2D eigenvalue weighted by atomic mass is 35.5. The first-order valence-electron chi connectivity index (χ1n) is 7.59. The molecule has 0 bridgehead atoms. The van der Waals surface area contributed by atoms with Gasteiger partial charge in [0.2, 0.25) is 5.89 Å². The van der Waals surface area contributed by atoms with Crippen molar-refractivity contribution >= 4 is 17.3 Å². The van der Waals surface area contributed by atoms with Crippen molar-refractivity contribution in [1.29, 1.82) is 0 Å². The smallest absolute Gasteiger partial charge is 0.312 e. The molecule has 0 atom stereocenters. The topological polar surface area (TPSA) is 58.6 Å². The van der Waals surface area contributed by atoms with Gasteiger partial charge in [-0.05, 0) is 37.6 Å². The summed E-state index contributed by atoms with van der Waals surface area (Å²) in [5.41, 5.74) is 1.86. The van der Waals surface area contributed by atoms with Crippen LogP contribution in [0.25, 0.3) is 11.5 Å². The van der Waals surface area contributed by atoms with E-state index in [9.17, 15) is 5.11 Å². The minimum absolute atomic E-state index is 0.195. The second-order valence-electron chi connectivity index (χ2n) is 5.21. The lowest BCUT2D eigenvalue weighted by molar-refractivity contribution is 0.336. The molecule has 1 aromatic heterocycles. The molecule has 0 aliphatic carbocycles. The third kappa shape index (κ3) is 4.34. The van der Waals surface area contributed by atoms with E-state index >= 15 is 0 Å². The highest BCUT2D eigenvalue weighted by Crippen LogP contribution is 2.27. The number of hydrogen-bond donors (Lipinski definition) is 1. The van der Waals surface area contributed by atoms with Crippen LogP contribution in [0, 0.1) is 0 Å². The summed E-state index contributed by atoms with van der Waals surface area (Å²) in [5.74, 6) is 0.171. The van der Waals surface area contributed by atoms with E-state index in [1.54, 1.807) is 24.3 Å². The number of aromatic hydroxyl groups is 1. The van der Waals surface area contributed by atoms with Crippen LogP contribution >= 0.6 is 11.6 Å². The fraction of sp³-hybridized carbons (Fsp3) is 0.412. The van der Waals surface area contributed by atoms with Crippen molar-refractivity contribution < 1.29 is 9.52 Å². The standard InChI is InChI=1S/C17H21ClN2O2/c1-3-4-5-6-11-19-12(2)15-17(21)22-16(20-15)13-7-9-14(18)10-8-13/h7-10,21H,3-6,11H2,1-2H3. The summed E-state index contributed by atoms with van der Waals surface area (Å²) in [6.45, 7) is 4.76. The van der Waals surface area contributed by atoms with Crippen LogP contribution in [-0.4, -0.2) is 22.3 Å². The molecule has 0 unspecified atom stereocenters. The number of aromatic nitrogens is 1. The second kappa shape index (κ2) is 7.99. The van der Waals surface area contributed by atoms with Crippen LogP contribution in [0.2, 0.25) is 5.02 Å². The van der Waals surface area contributed by atoms with E-state index in [1.807, 2.05) is 6.92 Å². The van der Waals surface area contributed by atoms with Crippen molar-refractivity contribution in [2.45, 2.75) is 39.5 Å². The van der Waals surface area contributed by atoms with Gasteiger partial charge in [0.25, 0.3) is 0 Å². The summed E-state index contributed by atoms with van der Waals surface area (Å²) in [6, 6.07) is 7.11. The molecule has 2 aromatic rings. The van der Waals surface area contributed by atoms with Gasteiger partial charge in [0.15, 0.2) is 5.69 Å². The molecular weight excluding hydrogens is 300 g/mol. The molecule has 5 heteroatoms. The van der Waals surface area contributed by atoms with Gasteiger partial charge in [0.05, 0.1) is 5.71 Å².